The third kappa shape index (κ3) is 4.24. The van der Waals surface area contributed by atoms with Crippen molar-refractivity contribution in [1.29, 1.82) is 0 Å². The summed E-state index contributed by atoms with van der Waals surface area (Å²) in [6.07, 6.45) is 0.529. The molecule has 0 fully saturated rings. The van der Waals surface area contributed by atoms with Gasteiger partial charge in [-0.1, -0.05) is 32.4 Å². The highest BCUT2D eigenvalue weighted by Gasteiger charge is 2.26. The van der Waals surface area contributed by atoms with Crippen LogP contribution in [0.2, 0.25) is 0 Å². The minimum atomic E-state index is -0.186. The topological polar surface area (TPSA) is 75.4 Å². The van der Waals surface area contributed by atoms with E-state index in [-0.39, 0.29) is 24.0 Å². The van der Waals surface area contributed by atoms with Crippen molar-refractivity contribution in [2.75, 3.05) is 12.3 Å². The molecule has 19 heavy (non-hydrogen) atoms. The number of nitrogens with one attached hydrogen (secondary N) is 1. The number of amides is 1. The van der Waals surface area contributed by atoms with Gasteiger partial charge in [0.1, 0.15) is 0 Å². The van der Waals surface area contributed by atoms with Crippen LogP contribution in [-0.2, 0) is 0 Å². The Morgan fingerprint density at radius 2 is 2.05 bits per heavy atom. The number of aliphatic hydroxyl groups is 1. The molecule has 1 amide bonds. The Balaban J connectivity index is 2.91. The summed E-state index contributed by atoms with van der Waals surface area (Å²) < 4.78 is 0. The largest absolute Gasteiger partial charge is 0.398 e. The Morgan fingerprint density at radius 3 is 2.58 bits per heavy atom. The van der Waals surface area contributed by atoms with Crippen molar-refractivity contribution in [2.45, 2.75) is 40.2 Å². The summed E-state index contributed by atoms with van der Waals surface area (Å²) in [6, 6.07) is 5.30. The minimum absolute atomic E-state index is 0.0471. The van der Waals surface area contributed by atoms with Crippen molar-refractivity contribution in [3.8, 4) is 0 Å². The lowest BCUT2D eigenvalue weighted by Gasteiger charge is -2.31. The first-order valence-electron chi connectivity index (χ1n) is 6.53. The van der Waals surface area contributed by atoms with Crippen molar-refractivity contribution >= 4 is 11.6 Å². The van der Waals surface area contributed by atoms with Crippen LogP contribution >= 0.6 is 0 Å². The van der Waals surface area contributed by atoms with E-state index >= 15 is 0 Å². The number of carbonyl (C=O) groups excluding carboxylic acids is 1. The lowest BCUT2D eigenvalue weighted by atomic mass is 9.84. The fourth-order valence-electron chi connectivity index (χ4n) is 1.95. The van der Waals surface area contributed by atoms with Crippen LogP contribution in [0.5, 0.6) is 0 Å². The van der Waals surface area contributed by atoms with Crippen LogP contribution in [0.3, 0.4) is 0 Å². The Kier molecular flexibility index (Phi) is 4.95. The minimum Gasteiger partial charge on any atom is -0.398 e. The maximum atomic E-state index is 12.3. The van der Waals surface area contributed by atoms with E-state index in [2.05, 4.69) is 5.32 Å². The van der Waals surface area contributed by atoms with Crippen molar-refractivity contribution in [1.82, 2.24) is 5.32 Å². The molecule has 0 aliphatic heterocycles. The van der Waals surface area contributed by atoms with E-state index in [4.69, 9.17) is 10.8 Å². The molecule has 1 aromatic carbocycles. The summed E-state index contributed by atoms with van der Waals surface area (Å²) in [6.45, 7) is 8.07. The molecule has 1 unspecified atom stereocenters. The van der Waals surface area contributed by atoms with Gasteiger partial charge < -0.3 is 16.2 Å². The van der Waals surface area contributed by atoms with Crippen molar-refractivity contribution in [3.63, 3.8) is 0 Å². The molecule has 1 aromatic rings. The standard InChI is InChI=1S/C15H24N2O2/c1-10-5-6-12(16)11(9-10)14(19)17-13(7-8-18)15(2,3)4/h5-6,9,13,18H,7-8,16H2,1-4H3,(H,17,19). The highest BCUT2D eigenvalue weighted by Crippen LogP contribution is 2.23. The number of aryl methyl sites for hydroxylation is 1. The number of hydrogen-bond acceptors (Lipinski definition) is 3. The first kappa shape index (κ1) is 15.5. The molecule has 0 bridgehead atoms. The van der Waals surface area contributed by atoms with E-state index in [9.17, 15) is 4.79 Å². The van der Waals surface area contributed by atoms with E-state index in [0.717, 1.165) is 5.56 Å². The lowest BCUT2D eigenvalue weighted by molar-refractivity contribution is 0.0886. The molecule has 0 aromatic heterocycles. The summed E-state index contributed by atoms with van der Waals surface area (Å²) in [5, 5.41) is 12.1. The normalized spacial score (nSPS) is 13.1. The SMILES string of the molecule is Cc1ccc(N)c(C(=O)NC(CCO)C(C)(C)C)c1. The zero-order valence-electron chi connectivity index (χ0n) is 12.2. The molecule has 4 N–H and O–H groups in total. The molecular weight excluding hydrogens is 240 g/mol. The van der Waals surface area contributed by atoms with Gasteiger partial charge in [0.15, 0.2) is 0 Å². The Hall–Kier alpha value is -1.55. The van der Waals surface area contributed by atoms with Gasteiger partial charge in [-0.25, -0.2) is 0 Å². The summed E-state index contributed by atoms with van der Waals surface area (Å²) in [5.41, 5.74) is 7.68. The monoisotopic (exact) mass is 264 g/mol. The Morgan fingerprint density at radius 1 is 1.42 bits per heavy atom. The number of rotatable bonds is 4. The van der Waals surface area contributed by atoms with Gasteiger partial charge in [-0.2, -0.15) is 0 Å². The van der Waals surface area contributed by atoms with Gasteiger partial charge in [0.05, 0.1) is 5.56 Å². The van der Waals surface area contributed by atoms with E-state index in [1.54, 1.807) is 12.1 Å². The number of anilines is 1. The predicted molar refractivity (Wildman–Crippen MR) is 78.0 cm³/mol. The van der Waals surface area contributed by atoms with Crippen LogP contribution in [0.1, 0.15) is 43.1 Å². The molecule has 0 radical (unpaired) electrons. The number of nitrogens with two attached hydrogens (primary N) is 1. The molecule has 4 heteroatoms. The maximum absolute atomic E-state index is 12.3. The van der Waals surface area contributed by atoms with Gasteiger partial charge in [0.25, 0.3) is 5.91 Å². The lowest BCUT2D eigenvalue weighted by Crippen LogP contribution is -2.44. The van der Waals surface area contributed by atoms with E-state index < -0.39 is 0 Å². The van der Waals surface area contributed by atoms with Crippen LogP contribution in [-0.4, -0.2) is 23.7 Å². The van der Waals surface area contributed by atoms with Crippen LogP contribution in [0.15, 0.2) is 18.2 Å². The molecule has 0 heterocycles. The summed E-state index contributed by atoms with van der Waals surface area (Å²) in [4.78, 5) is 12.3. The van der Waals surface area contributed by atoms with Crippen LogP contribution in [0.25, 0.3) is 0 Å². The first-order chi connectivity index (χ1) is 8.75. The van der Waals surface area contributed by atoms with Crippen LogP contribution in [0, 0.1) is 12.3 Å². The highest BCUT2D eigenvalue weighted by atomic mass is 16.3. The Labute approximate surface area is 115 Å². The molecule has 4 nitrogen and oxygen atoms in total. The van der Waals surface area contributed by atoms with E-state index in [1.165, 1.54) is 0 Å². The van der Waals surface area contributed by atoms with Gasteiger partial charge in [-0.05, 0) is 30.9 Å². The van der Waals surface area contributed by atoms with Gasteiger partial charge in [0, 0.05) is 18.3 Å². The number of hydrogen-bond donors (Lipinski definition) is 3. The van der Waals surface area contributed by atoms with Gasteiger partial charge >= 0.3 is 0 Å². The van der Waals surface area contributed by atoms with E-state index in [0.29, 0.717) is 17.7 Å². The van der Waals surface area contributed by atoms with Crippen molar-refractivity contribution in [2.24, 2.45) is 5.41 Å². The smallest absolute Gasteiger partial charge is 0.253 e. The first-order valence-corrected chi connectivity index (χ1v) is 6.53. The predicted octanol–water partition coefficient (Wildman–Crippen LogP) is 2.10. The van der Waals surface area contributed by atoms with Crippen molar-refractivity contribution < 1.29 is 9.90 Å². The number of aliphatic hydroxyl groups excluding tert-OH is 1. The average Bonchev–Trinajstić information content (AvgIpc) is 2.30. The highest BCUT2D eigenvalue weighted by molar-refractivity contribution is 5.99. The second kappa shape index (κ2) is 6.06. The molecule has 0 saturated heterocycles. The van der Waals surface area contributed by atoms with Gasteiger partial charge in [-0.3, -0.25) is 4.79 Å². The van der Waals surface area contributed by atoms with Gasteiger partial charge in [0.2, 0.25) is 0 Å². The number of benzene rings is 1. The second-order valence-electron chi connectivity index (χ2n) is 6.00. The third-order valence-electron chi connectivity index (χ3n) is 3.22. The van der Waals surface area contributed by atoms with Crippen LogP contribution in [0.4, 0.5) is 5.69 Å². The van der Waals surface area contributed by atoms with Gasteiger partial charge in [-0.15, -0.1) is 0 Å². The quantitative estimate of drug-likeness (QED) is 0.729. The summed E-state index contributed by atoms with van der Waals surface area (Å²) >= 11 is 0. The molecule has 0 saturated carbocycles. The zero-order chi connectivity index (χ0) is 14.6. The third-order valence-corrected chi connectivity index (χ3v) is 3.22. The molecular formula is C15H24N2O2. The average molecular weight is 264 g/mol. The fraction of sp³-hybridized carbons (Fsp3) is 0.533. The molecule has 0 aliphatic rings. The summed E-state index contributed by atoms with van der Waals surface area (Å²) in [5.74, 6) is -0.186. The van der Waals surface area contributed by atoms with E-state index in [1.807, 2.05) is 33.8 Å². The molecule has 0 aliphatic carbocycles. The Bertz CT molecular complexity index is 450. The second-order valence-corrected chi connectivity index (χ2v) is 6.00. The molecule has 0 spiro atoms. The fourth-order valence-corrected chi connectivity index (χ4v) is 1.95. The summed E-state index contributed by atoms with van der Waals surface area (Å²) in [7, 11) is 0. The number of carbonyl (C=O) groups is 1. The molecule has 106 valence electrons. The van der Waals surface area contributed by atoms with Crippen LogP contribution < -0.4 is 11.1 Å². The van der Waals surface area contributed by atoms with Crippen molar-refractivity contribution in [3.05, 3.63) is 29.3 Å². The molecule has 1 atom stereocenters. The zero-order valence-corrected chi connectivity index (χ0v) is 12.2. The molecule has 1 rings (SSSR count). The number of nitrogen functional groups attached to an aromatic ring is 1. The maximum Gasteiger partial charge on any atom is 0.253 e.